The molecule has 0 saturated carbocycles. The molecule has 0 bridgehead atoms. The predicted octanol–water partition coefficient (Wildman–Crippen LogP) is 4.02. The fourth-order valence-corrected chi connectivity index (χ4v) is 3.56. The van der Waals surface area contributed by atoms with Crippen molar-refractivity contribution in [3.05, 3.63) is 95.3 Å². The quantitative estimate of drug-likeness (QED) is 0.406. The van der Waals surface area contributed by atoms with Crippen molar-refractivity contribution in [2.75, 3.05) is 12.0 Å². The Hall–Kier alpha value is -3.93. The van der Waals surface area contributed by atoms with E-state index in [2.05, 4.69) is 4.98 Å². The van der Waals surface area contributed by atoms with Crippen molar-refractivity contribution in [1.82, 2.24) is 4.98 Å². The van der Waals surface area contributed by atoms with Crippen LogP contribution in [0.3, 0.4) is 0 Å². The maximum absolute atomic E-state index is 13.0. The molecule has 1 amide bonds. The molecule has 0 unspecified atom stereocenters. The molecule has 1 aliphatic heterocycles. The van der Waals surface area contributed by atoms with E-state index in [9.17, 15) is 14.7 Å². The van der Waals surface area contributed by atoms with Gasteiger partial charge in [0.05, 0.1) is 30.6 Å². The minimum atomic E-state index is -0.790. The topological polar surface area (TPSA) is 79.7 Å². The molecular weight excluding hydrogens is 380 g/mol. The Morgan fingerprint density at radius 3 is 2.33 bits per heavy atom. The highest BCUT2D eigenvalue weighted by Crippen LogP contribution is 2.42. The lowest BCUT2D eigenvalue weighted by molar-refractivity contribution is -0.132. The molecule has 1 atom stereocenters. The number of carbonyl (C=O) groups is 2. The molecule has 0 radical (unpaired) electrons. The van der Waals surface area contributed by atoms with Gasteiger partial charge in [-0.25, -0.2) is 0 Å². The highest BCUT2D eigenvalue weighted by atomic mass is 16.5. The van der Waals surface area contributed by atoms with Crippen LogP contribution in [0.1, 0.15) is 22.7 Å². The number of aliphatic hydroxyl groups is 1. The summed E-state index contributed by atoms with van der Waals surface area (Å²) >= 11 is 0. The van der Waals surface area contributed by atoms with E-state index in [4.69, 9.17) is 4.74 Å². The largest absolute Gasteiger partial charge is 0.507 e. The zero-order valence-electron chi connectivity index (χ0n) is 16.6. The summed E-state index contributed by atoms with van der Waals surface area (Å²) in [5.41, 5.74) is 2.69. The second kappa shape index (κ2) is 7.83. The first kappa shape index (κ1) is 19.4. The number of aliphatic hydroxyl groups excluding tert-OH is 1. The third kappa shape index (κ3) is 3.33. The monoisotopic (exact) mass is 400 g/mol. The molecule has 1 fully saturated rings. The first-order chi connectivity index (χ1) is 14.5. The summed E-state index contributed by atoms with van der Waals surface area (Å²) in [4.78, 5) is 31.5. The van der Waals surface area contributed by atoms with Crippen LogP contribution in [0, 0.1) is 6.92 Å². The van der Waals surface area contributed by atoms with Crippen LogP contribution in [-0.2, 0) is 9.59 Å². The van der Waals surface area contributed by atoms with E-state index in [-0.39, 0.29) is 11.3 Å². The Bertz CT molecular complexity index is 1120. The van der Waals surface area contributed by atoms with E-state index >= 15 is 0 Å². The van der Waals surface area contributed by atoms with Crippen LogP contribution < -0.4 is 9.64 Å². The normalized spacial score (nSPS) is 17.9. The van der Waals surface area contributed by atoms with E-state index in [0.29, 0.717) is 22.6 Å². The maximum atomic E-state index is 13.0. The molecule has 1 saturated heterocycles. The Labute approximate surface area is 174 Å². The van der Waals surface area contributed by atoms with Gasteiger partial charge in [-0.3, -0.25) is 19.5 Å². The number of methoxy groups -OCH3 is 1. The number of ether oxygens (including phenoxy) is 1. The molecule has 150 valence electrons. The smallest absolute Gasteiger partial charge is 0.300 e. The summed E-state index contributed by atoms with van der Waals surface area (Å²) < 4.78 is 5.22. The van der Waals surface area contributed by atoms with E-state index in [1.165, 1.54) is 11.1 Å². The predicted molar refractivity (Wildman–Crippen MR) is 113 cm³/mol. The molecule has 1 aliphatic rings. The van der Waals surface area contributed by atoms with Gasteiger partial charge >= 0.3 is 0 Å². The fraction of sp³-hybridized carbons (Fsp3) is 0.125. The molecule has 6 heteroatoms. The number of aryl methyl sites for hydroxylation is 1. The van der Waals surface area contributed by atoms with Crippen molar-refractivity contribution in [1.29, 1.82) is 0 Å². The number of hydrogen-bond donors (Lipinski definition) is 1. The number of ketones is 1. The molecule has 1 N–H and O–H groups in total. The number of benzene rings is 2. The van der Waals surface area contributed by atoms with E-state index in [1.54, 1.807) is 61.8 Å². The highest BCUT2D eigenvalue weighted by Gasteiger charge is 2.47. The summed E-state index contributed by atoms with van der Waals surface area (Å²) in [5, 5.41) is 11.0. The summed E-state index contributed by atoms with van der Waals surface area (Å²) in [6.07, 6.45) is 3.11. The zero-order valence-corrected chi connectivity index (χ0v) is 16.6. The summed E-state index contributed by atoms with van der Waals surface area (Å²) in [6, 6.07) is 16.8. The number of carbonyl (C=O) groups excluding carboxylic acids is 2. The average Bonchev–Trinajstić information content (AvgIpc) is 3.05. The molecule has 0 aliphatic carbocycles. The third-order valence-corrected chi connectivity index (χ3v) is 5.13. The number of amides is 1. The number of Topliss-reactive ketones (excluding diaryl/α,β-unsaturated/α-hetero) is 1. The van der Waals surface area contributed by atoms with Crippen molar-refractivity contribution in [2.45, 2.75) is 13.0 Å². The summed E-state index contributed by atoms with van der Waals surface area (Å²) in [7, 11) is 1.56. The van der Waals surface area contributed by atoms with Crippen LogP contribution in [0.2, 0.25) is 0 Å². The van der Waals surface area contributed by atoms with Gasteiger partial charge in [-0.15, -0.1) is 0 Å². The minimum absolute atomic E-state index is 0.0397. The lowest BCUT2D eigenvalue weighted by Gasteiger charge is -2.25. The van der Waals surface area contributed by atoms with Crippen molar-refractivity contribution < 1.29 is 19.4 Å². The lowest BCUT2D eigenvalue weighted by Crippen LogP contribution is -2.29. The molecule has 4 rings (SSSR count). The van der Waals surface area contributed by atoms with Crippen LogP contribution >= 0.6 is 0 Å². The zero-order chi connectivity index (χ0) is 21.3. The van der Waals surface area contributed by atoms with Gasteiger partial charge in [0.25, 0.3) is 11.7 Å². The van der Waals surface area contributed by atoms with E-state index in [0.717, 1.165) is 5.56 Å². The number of nitrogens with zero attached hydrogens (tertiary/aromatic N) is 2. The second-order valence-corrected chi connectivity index (χ2v) is 7.02. The Kier molecular flexibility index (Phi) is 5.06. The highest BCUT2D eigenvalue weighted by molar-refractivity contribution is 6.51. The molecular formula is C24H20N2O4. The number of anilines is 1. The molecule has 3 aromatic rings. The molecule has 0 spiro atoms. The Balaban J connectivity index is 1.92. The number of rotatable bonds is 4. The van der Waals surface area contributed by atoms with Gasteiger partial charge in [0.1, 0.15) is 11.5 Å². The lowest BCUT2D eigenvalue weighted by atomic mass is 9.95. The van der Waals surface area contributed by atoms with Gasteiger partial charge in [0.15, 0.2) is 0 Å². The molecule has 2 heterocycles. The van der Waals surface area contributed by atoms with Crippen LogP contribution in [0.5, 0.6) is 5.75 Å². The Morgan fingerprint density at radius 1 is 1.03 bits per heavy atom. The SMILES string of the molecule is COc1ccc([C@H]2C(=C(O)c3ccc(C)cc3)C(=O)C(=O)N2c2cccnc2)cc1. The van der Waals surface area contributed by atoms with E-state index in [1.807, 2.05) is 19.1 Å². The van der Waals surface area contributed by atoms with Crippen LogP contribution in [0.15, 0.2) is 78.6 Å². The van der Waals surface area contributed by atoms with Gasteiger partial charge in [-0.2, -0.15) is 0 Å². The van der Waals surface area contributed by atoms with Crippen molar-refractivity contribution in [2.24, 2.45) is 0 Å². The van der Waals surface area contributed by atoms with E-state index < -0.39 is 17.7 Å². The van der Waals surface area contributed by atoms with Crippen molar-refractivity contribution >= 4 is 23.1 Å². The van der Waals surface area contributed by atoms with Gasteiger partial charge in [-0.05, 0) is 36.8 Å². The molecule has 6 nitrogen and oxygen atoms in total. The molecule has 1 aromatic heterocycles. The number of hydrogen-bond acceptors (Lipinski definition) is 5. The van der Waals surface area contributed by atoms with Gasteiger partial charge < -0.3 is 9.84 Å². The molecule has 30 heavy (non-hydrogen) atoms. The average molecular weight is 400 g/mol. The van der Waals surface area contributed by atoms with Gasteiger partial charge in [0, 0.05) is 11.8 Å². The summed E-state index contributed by atoms with van der Waals surface area (Å²) in [6.45, 7) is 1.93. The van der Waals surface area contributed by atoms with Gasteiger partial charge in [-0.1, -0.05) is 42.0 Å². The van der Waals surface area contributed by atoms with Crippen molar-refractivity contribution in [3.8, 4) is 5.75 Å². The minimum Gasteiger partial charge on any atom is -0.507 e. The second-order valence-electron chi connectivity index (χ2n) is 7.02. The van der Waals surface area contributed by atoms with Crippen LogP contribution in [-0.4, -0.2) is 28.9 Å². The molecule has 2 aromatic carbocycles. The fourth-order valence-electron chi connectivity index (χ4n) is 3.56. The number of aromatic nitrogens is 1. The first-order valence-corrected chi connectivity index (χ1v) is 9.43. The summed E-state index contributed by atoms with van der Waals surface area (Å²) in [5.74, 6) is -1.01. The van der Waals surface area contributed by atoms with Crippen molar-refractivity contribution in [3.63, 3.8) is 0 Å². The number of pyridine rings is 1. The first-order valence-electron chi connectivity index (χ1n) is 9.43. The Morgan fingerprint density at radius 2 is 1.73 bits per heavy atom. The van der Waals surface area contributed by atoms with Crippen LogP contribution in [0.25, 0.3) is 5.76 Å². The van der Waals surface area contributed by atoms with Gasteiger partial charge in [0.2, 0.25) is 0 Å². The van der Waals surface area contributed by atoms with Crippen LogP contribution in [0.4, 0.5) is 5.69 Å². The maximum Gasteiger partial charge on any atom is 0.300 e. The standard InChI is InChI=1S/C24H20N2O4/c1-15-5-7-17(8-6-15)22(27)20-21(16-9-11-19(30-2)12-10-16)26(24(29)23(20)28)18-4-3-13-25-14-18/h3-14,21,27H,1-2H3/t21-/m0/s1. The third-order valence-electron chi connectivity index (χ3n) is 5.13.